The van der Waals surface area contributed by atoms with E-state index in [1.807, 2.05) is 38.1 Å². The number of benzene rings is 2. The maximum Gasteiger partial charge on any atom is 0.327 e. The Morgan fingerprint density at radius 2 is 1.57 bits per heavy atom. The Morgan fingerprint density at radius 3 is 2.18 bits per heavy atom. The van der Waals surface area contributed by atoms with Gasteiger partial charge in [-0.2, -0.15) is 0 Å². The number of nitrogens with zero attached hydrogens (tertiary/aromatic N) is 2. The fourth-order valence-corrected chi connectivity index (χ4v) is 3.29. The summed E-state index contributed by atoms with van der Waals surface area (Å²) in [6, 6.07) is 11.6. The Kier molecular flexibility index (Phi) is 5.40. The summed E-state index contributed by atoms with van der Waals surface area (Å²) in [6.07, 6.45) is 0. The van der Waals surface area contributed by atoms with Crippen LogP contribution < -0.4 is 20.7 Å². The van der Waals surface area contributed by atoms with Crippen LogP contribution in [0, 0.1) is 20.8 Å². The lowest BCUT2D eigenvalue weighted by Gasteiger charge is -2.11. The molecule has 28 heavy (non-hydrogen) atoms. The van der Waals surface area contributed by atoms with Gasteiger partial charge in [0.1, 0.15) is 5.49 Å². The van der Waals surface area contributed by atoms with E-state index in [1.54, 1.807) is 21.3 Å². The largest absolute Gasteiger partial charge is 0.493 e. The molecule has 2 aromatic carbocycles. The molecule has 0 fully saturated rings. The number of H-pyrrole nitrogens is 1. The first-order chi connectivity index (χ1) is 13.3. The Morgan fingerprint density at radius 1 is 0.929 bits per heavy atom. The summed E-state index contributed by atoms with van der Waals surface area (Å²) in [6.45, 7) is 6.12. The first-order valence-corrected chi connectivity index (χ1v) is 8.99. The van der Waals surface area contributed by atoms with Crippen molar-refractivity contribution in [3.05, 3.63) is 69.1 Å². The van der Waals surface area contributed by atoms with Gasteiger partial charge in [-0.25, -0.2) is 9.79 Å². The second-order valence-corrected chi connectivity index (χ2v) is 6.83. The zero-order chi connectivity index (χ0) is 20.4. The van der Waals surface area contributed by atoms with Gasteiger partial charge in [0, 0.05) is 18.7 Å². The minimum absolute atomic E-state index is 0.242. The minimum atomic E-state index is -0.242. The second kappa shape index (κ2) is 7.76. The average molecular weight is 379 g/mol. The molecule has 1 heterocycles. The van der Waals surface area contributed by atoms with Gasteiger partial charge in [-0.3, -0.25) is 4.57 Å². The molecule has 146 valence electrons. The van der Waals surface area contributed by atoms with Crippen LogP contribution in [0.4, 0.5) is 5.69 Å². The van der Waals surface area contributed by atoms with Crippen molar-refractivity contribution < 1.29 is 9.47 Å². The van der Waals surface area contributed by atoms with E-state index in [9.17, 15) is 4.79 Å². The number of aryl methyl sites for hydroxylation is 3. The molecular formula is C22H25N3O3. The van der Waals surface area contributed by atoms with Gasteiger partial charge in [0.15, 0.2) is 11.5 Å². The third-order valence-corrected chi connectivity index (χ3v) is 4.72. The summed E-state index contributed by atoms with van der Waals surface area (Å²) in [7, 11) is 4.87. The van der Waals surface area contributed by atoms with Crippen molar-refractivity contribution in [2.24, 2.45) is 12.0 Å². The van der Waals surface area contributed by atoms with Crippen LogP contribution in [-0.2, 0) is 7.05 Å². The van der Waals surface area contributed by atoms with E-state index < -0.39 is 0 Å². The summed E-state index contributed by atoms with van der Waals surface area (Å²) < 4.78 is 12.2. The molecule has 3 aromatic rings. The van der Waals surface area contributed by atoms with Crippen LogP contribution in [0.5, 0.6) is 11.5 Å². The molecule has 0 amide bonds. The van der Waals surface area contributed by atoms with Gasteiger partial charge in [0.2, 0.25) is 0 Å². The monoisotopic (exact) mass is 379 g/mol. The summed E-state index contributed by atoms with van der Waals surface area (Å²) >= 11 is 0. The number of aromatic nitrogens is 2. The molecule has 0 aliphatic rings. The summed E-state index contributed by atoms with van der Waals surface area (Å²) in [5, 5.41) is 0. The average Bonchev–Trinajstić information content (AvgIpc) is 2.66. The third-order valence-electron chi connectivity index (χ3n) is 4.72. The lowest BCUT2D eigenvalue weighted by molar-refractivity contribution is 0.355. The number of hydrogen-bond acceptors (Lipinski definition) is 4. The molecule has 1 aromatic heterocycles. The Hall–Kier alpha value is -3.28. The first kappa shape index (κ1) is 19.5. The van der Waals surface area contributed by atoms with Gasteiger partial charge in [0.05, 0.1) is 25.6 Å². The first-order valence-electron chi connectivity index (χ1n) is 8.99. The molecule has 6 heteroatoms. The predicted octanol–water partition coefficient (Wildman–Crippen LogP) is 3.56. The fourth-order valence-electron chi connectivity index (χ4n) is 3.29. The zero-order valence-corrected chi connectivity index (χ0v) is 17.1. The van der Waals surface area contributed by atoms with E-state index >= 15 is 0 Å². The zero-order valence-electron chi connectivity index (χ0n) is 17.1. The summed E-state index contributed by atoms with van der Waals surface area (Å²) in [5.74, 6) is 1.23. The molecule has 0 saturated carbocycles. The number of aromatic amines is 1. The highest BCUT2D eigenvalue weighted by molar-refractivity contribution is 5.63. The molecular weight excluding hydrogens is 354 g/mol. The van der Waals surface area contributed by atoms with Crippen molar-refractivity contribution in [1.29, 1.82) is 0 Å². The van der Waals surface area contributed by atoms with Gasteiger partial charge in [-0.05, 0) is 50.1 Å². The highest BCUT2D eigenvalue weighted by Crippen LogP contribution is 2.31. The predicted molar refractivity (Wildman–Crippen MR) is 110 cm³/mol. The molecule has 3 rings (SSSR count). The lowest BCUT2D eigenvalue weighted by atomic mass is 10.1. The smallest absolute Gasteiger partial charge is 0.327 e. The van der Waals surface area contributed by atoms with Crippen molar-refractivity contribution in [3.63, 3.8) is 0 Å². The normalized spacial score (nSPS) is 11.6. The van der Waals surface area contributed by atoms with Crippen molar-refractivity contribution >= 4 is 5.69 Å². The van der Waals surface area contributed by atoms with Crippen LogP contribution in [0.25, 0.3) is 11.3 Å². The Labute approximate surface area is 164 Å². The summed E-state index contributed by atoms with van der Waals surface area (Å²) in [5.41, 5.74) is 6.02. The minimum Gasteiger partial charge on any atom is -0.493 e. The fraction of sp³-hybridized carbons (Fsp3) is 0.273. The Bertz CT molecular complexity index is 1130. The topological polar surface area (TPSA) is 68.6 Å². The molecule has 0 radical (unpaired) electrons. The van der Waals surface area contributed by atoms with Crippen molar-refractivity contribution in [2.75, 3.05) is 14.2 Å². The number of rotatable bonds is 4. The van der Waals surface area contributed by atoms with Gasteiger partial charge < -0.3 is 14.5 Å². The van der Waals surface area contributed by atoms with Crippen molar-refractivity contribution in [1.82, 2.24) is 9.55 Å². The maximum atomic E-state index is 12.5. The quantitative estimate of drug-likeness (QED) is 0.754. The van der Waals surface area contributed by atoms with Gasteiger partial charge in [-0.1, -0.05) is 17.7 Å². The molecule has 0 unspecified atom stereocenters. The number of ether oxygens (including phenoxy) is 2. The van der Waals surface area contributed by atoms with E-state index in [0.29, 0.717) is 22.7 Å². The van der Waals surface area contributed by atoms with E-state index in [4.69, 9.17) is 14.5 Å². The van der Waals surface area contributed by atoms with Gasteiger partial charge in [-0.15, -0.1) is 0 Å². The van der Waals surface area contributed by atoms with Crippen LogP contribution in [-0.4, -0.2) is 23.8 Å². The van der Waals surface area contributed by atoms with E-state index in [1.165, 1.54) is 10.1 Å². The Balaban J connectivity index is 2.22. The molecule has 6 nitrogen and oxygen atoms in total. The van der Waals surface area contributed by atoms with Crippen LogP contribution in [0.15, 0.2) is 46.2 Å². The van der Waals surface area contributed by atoms with Crippen LogP contribution in [0.2, 0.25) is 0 Å². The molecule has 0 saturated heterocycles. The standard InChI is InChI=1S/C22H25N3O3/c1-13-9-14(2)21(15(3)10-13)24-20-12-17(23-22(26)25(20)4)16-7-8-18(27-5)19(11-16)28-6/h7-12H,1-6H3,(H,23,26). The third kappa shape index (κ3) is 3.71. The van der Waals surface area contributed by atoms with Crippen LogP contribution in [0.3, 0.4) is 0 Å². The van der Waals surface area contributed by atoms with Crippen LogP contribution >= 0.6 is 0 Å². The molecule has 0 aliphatic heterocycles. The number of nitrogens with one attached hydrogen (secondary N) is 1. The molecule has 0 atom stereocenters. The highest BCUT2D eigenvalue weighted by Gasteiger charge is 2.09. The van der Waals surface area contributed by atoms with E-state index in [0.717, 1.165) is 22.4 Å². The molecule has 1 N–H and O–H groups in total. The SMILES string of the molecule is COc1ccc(-c2cc(=Nc3c(C)cc(C)cc3C)n(C)c(=O)[nH]2)cc1OC. The van der Waals surface area contributed by atoms with Gasteiger partial charge in [0.25, 0.3) is 0 Å². The van der Waals surface area contributed by atoms with Gasteiger partial charge >= 0.3 is 5.69 Å². The molecule has 0 aliphatic carbocycles. The van der Waals surface area contributed by atoms with Crippen molar-refractivity contribution in [2.45, 2.75) is 20.8 Å². The highest BCUT2D eigenvalue weighted by atomic mass is 16.5. The molecule has 0 bridgehead atoms. The maximum absolute atomic E-state index is 12.5. The number of hydrogen-bond donors (Lipinski definition) is 1. The van der Waals surface area contributed by atoms with E-state index in [2.05, 4.69) is 24.0 Å². The van der Waals surface area contributed by atoms with E-state index in [-0.39, 0.29) is 5.69 Å². The number of methoxy groups -OCH3 is 2. The van der Waals surface area contributed by atoms with Crippen molar-refractivity contribution in [3.8, 4) is 22.8 Å². The summed E-state index contributed by atoms with van der Waals surface area (Å²) in [4.78, 5) is 20.2. The van der Waals surface area contributed by atoms with Crippen LogP contribution in [0.1, 0.15) is 16.7 Å². The second-order valence-electron chi connectivity index (χ2n) is 6.83. The molecule has 0 spiro atoms. The lowest BCUT2D eigenvalue weighted by Crippen LogP contribution is -2.33.